The first-order valence-electron chi connectivity index (χ1n) is 11.9. The molecule has 0 aliphatic carbocycles. The van der Waals surface area contributed by atoms with Gasteiger partial charge in [-0.05, 0) is 59.2 Å². The molecule has 0 saturated carbocycles. The highest BCUT2D eigenvalue weighted by molar-refractivity contribution is 5.79. The number of amides is 1. The van der Waals surface area contributed by atoms with Crippen LogP contribution in [0.15, 0.2) is 60.7 Å². The van der Waals surface area contributed by atoms with E-state index in [-0.39, 0.29) is 12.0 Å². The van der Waals surface area contributed by atoms with Gasteiger partial charge in [0.15, 0.2) is 0 Å². The van der Waals surface area contributed by atoms with Crippen molar-refractivity contribution in [3.8, 4) is 0 Å². The molecular weight excluding hydrogens is 424 g/mol. The zero-order valence-corrected chi connectivity index (χ0v) is 20.0. The lowest BCUT2D eigenvalue weighted by atomic mass is 9.84. The number of ether oxygens (including phenoxy) is 1. The number of hydrogen-bond acceptors (Lipinski definition) is 4. The second-order valence-electron chi connectivity index (χ2n) is 9.06. The number of fused-ring (bicyclic) bond motifs is 2. The van der Waals surface area contributed by atoms with Crippen molar-refractivity contribution < 1.29 is 9.53 Å². The Hall–Kier alpha value is -3.67. The number of carbonyl (C=O) groups is 1. The molecule has 1 unspecified atom stereocenters. The van der Waals surface area contributed by atoms with E-state index in [1.54, 1.807) is 0 Å². The first-order valence-corrected chi connectivity index (χ1v) is 11.9. The maximum atomic E-state index is 12.7. The maximum Gasteiger partial charge on any atom is 0.410 e. The van der Waals surface area contributed by atoms with Crippen LogP contribution in [-0.2, 0) is 31.4 Å². The lowest BCUT2D eigenvalue weighted by Gasteiger charge is -2.29. The van der Waals surface area contributed by atoms with Gasteiger partial charge in [-0.1, -0.05) is 66.7 Å². The van der Waals surface area contributed by atoms with E-state index in [9.17, 15) is 4.79 Å². The number of rotatable bonds is 5. The Labute approximate surface area is 200 Å². The summed E-state index contributed by atoms with van der Waals surface area (Å²) in [5.74, 6) is 0.261. The van der Waals surface area contributed by atoms with Crippen molar-refractivity contribution in [1.29, 1.82) is 0 Å². The van der Waals surface area contributed by atoms with Crippen LogP contribution in [0.4, 0.5) is 4.79 Å². The van der Waals surface area contributed by atoms with E-state index in [0.29, 0.717) is 19.7 Å². The van der Waals surface area contributed by atoms with Gasteiger partial charge in [-0.15, -0.1) is 5.10 Å². The fourth-order valence-electron chi connectivity index (χ4n) is 5.02. The van der Waals surface area contributed by atoms with Gasteiger partial charge in [-0.25, -0.2) is 9.48 Å². The van der Waals surface area contributed by atoms with Gasteiger partial charge < -0.3 is 9.64 Å². The van der Waals surface area contributed by atoms with Gasteiger partial charge in [0.05, 0.1) is 5.52 Å². The van der Waals surface area contributed by atoms with Gasteiger partial charge in [0.1, 0.15) is 12.1 Å². The van der Waals surface area contributed by atoms with Crippen LogP contribution in [0.1, 0.15) is 52.6 Å². The molecule has 6 nitrogen and oxygen atoms in total. The SMILES string of the molecule is CCC(c1ccc2c(c1)CN(C(=O)OCc1ccccc1)CC2)c1ccc2c(nnn2C)c1C. The van der Waals surface area contributed by atoms with Gasteiger partial charge in [0.2, 0.25) is 0 Å². The molecule has 34 heavy (non-hydrogen) atoms. The summed E-state index contributed by atoms with van der Waals surface area (Å²) >= 11 is 0. The zero-order chi connectivity index (χ0) is 23.7. The second-order valence-corrected chi connectivity index (χ2v) is 9.06. The minimum atomic E-state index is -0.254. The molecule has 6 heteroatoms. The molecule has 3 aromatic carbocycles. The summed E-state index contributed by atoms with van der Waals surface area (Å²) < 4.78 is 7.40. The number of carbonyl (C=O) groups excluding carboxylic acids is 1. The Bertz CT molecular complexity index is 1330. The minimum absolute atomic E-state index is 0.254. The highest BCUT2D eigenvalue weighted by Crippen LogP contribution is 2.34. The zero-order valence-electron chi connectivity index (χ0n) is 20.0. The summed E-state index contributed by atoms with van der Waals surface area (Å²) in [6, 6.07) is 20.9. The Kier molecular flexibility index (Phi) is 6.05. The van der Waals surface area contributed by atoms with E-state index in [4.69, 9.17) is 4.74 Å². The van der Waals surface area contributed by atoms with E-state index in [1.807, 2.05) is 47.0 Å². The van der Waals surface area contributed by atoms with Gasteiger partial charge in [0, 0.05) is 26.1 Å². The Morgan fingerprint density at radius 1 is 1.09 bits per heavy atom. The average Bonchev–Trinajstić information content (AvgIpc) is 3.25. The third kappa shape index (κ3) is 4.16. The van der Waals surface area contributed by atoms with E-state index in [2.05, 4.69) is 54.5 Å². The van der Waals surface area contributed by atoms with Crippen LogP contribution in [0.5, 0.6) is 0 Å². The summed E-state index contributed by atoms with van der Waals surface area (Å²) in [5.41, 5.74) is 9.26. The normalized spacial score (nSPS) is 14.1. The monoisotopic (exact) mass is 454 g/mol. The van der Waals surface area contributed by atoms with Crippen molar-refractivity contribution in [3.63, 3.8) is 0 Å². The van der Waals surface area contributed by atoms with Gasteiger partial charge >= 0.3 is 6.09 Å². The summed E-state index contributed by atoms with van der Waals surface area (Å²) in [5, 5.41) is 8.57. The minimum Gasteiger partial charge on any atom is -0.445 e. The molecule has 0 spiro atoms. The van der Waals surface area contributed by atoms with Crippen molar-refractivity contribution >= 4 is 17.1 Å². The predicted molar refractivity (Wildman–Crippen MR) is 133 cm³/mol. The molecule has 1 aromatic heterocycles. The molecule has 5 rings (SSSR count). The Morgan fingerprint density at radius 2 is 1.91 bits per heavy atom. The van der Waals surface area contributed by atoms with Crippen LogP contribution in [0, 0.1) is 6.92 Å². The molecule has 174 valence electrons. The third-order valence-electron chi connectivity index (χ3n) is 6.97. The molecule has 1 aliphatic rings. The first kappa shape index (κ1) is 22.1. The topological polar surface area (TPSA) is 60.3 Å². The highest BCUT2D eigenvalue weighted by Gasteiger charge is 2.24. The van der Waals surface area contributed by atoms with Crippen LogP contribution >= 0.6 is 0 Å². The van der Waals surface area contributed by atoms with Crippen LogP contribution in [-0.4, -0.2) is 32.5 Å². The van der Waals surface area contributed by atoms with E-state index >= 15 is 0 Å². The molecule has 1 atom stereocenters. The lowest BCUT2D eigenvalue weighted by molar-refractivity contribution is 0.0918. The van der Waals surface area contributed by atoms with Gasteiger partial charge in [-0.2, -0.15) is 0 Å². The van der Waals surface area contributed by atoms with Crippen molar-refractivity contribution in [2.45, 2.75) is 45.8 Å². The van der Waals surface area contributed by atoms with E-state index < -0.39 is 0 Å². The quantitative estimate of drug-likeness (QED) is 0.399. The molecule has 0 saturated heterocycles. The van der Waals surface area contributed by atoms with Gasteiger partial charge in [-0.3, -0.25) is 0 Å². The standard InChI is InChI=1S/C28H30N4O2/c1-4-24(25-12-13-26-27(19(25)2)29-30-31(26)3)22-11-10-21-14-15-32(17-23(21)16-22)28(33)34-18-20-8-6-5-7-9-20/h5-13,16,24H,4,14-15,17-18H2,1-3H3. The maximum absolute atomic E-state index is 12.7. The summed E-state index contributed by atoms with van der Waals surface area (Å²) in [6.07, 6.45) is 1.57. The number of benzene rings is 3. The number of hydrogen-bond donors (Lipinski definition) is 0. The third-order valence-corrected chi connectivity index (χ3v) is 6.97. The molecule has 0 radical (unpaired) electrons. The second kappa shape index (κ2) is 9.29. The lowest BCUT2D eigenvalue weighted by Crippen LogP contribution is -2.36. The van der Waals surface area contributed by atoms with Crippen LogP contribution < -0.4 is 0 Å². The molecule has 0 fully saturated rings. The smallest absolute Gasteiger partial charge is 0.410 e. The molecule has 0 N–H and O–H groups in total. The van der Waals surface area contributed by atoms with Crippen molar-refractivity contribution in [1.82, 2.24) is 19.9 Å². The number of nitrogens with zero attached hydrogens (tertiary/aromatic N) is 4. The summed E-state index contributed by atoms with van der Waals surface area (Å²) in [6.45, 7) is 5.91. The molecule has 1 amide bonds. The fraction of sp³-hybridized carbons (Fsp3) is 0.321. The molecule has 1 aliphatic heterocycles. The number of aromatic nitrogens is 3. The fourth-order valence-corrected chi connectivity index (χ4v) is 5.02. The Balaban J connectivity index is 1.36. The van der Waals surface area contributed by atoms with Gasteiger partial charge in [0.25, 0.3) is 0 Å². The average molecular weight is 455 g/mol. The summed E-state index contributed by atoms with van der Waals surface area (Å²) in [4.78, 5) is 14.6. The predicted octanol–water partition coefficient (Wildman–Crippen LogP) is 5.51. The molecule has 2 heterocycles. The molecular formula is C28H30N4O2. The van der Waals surface area contributed by atoms with Crippen molar-refractivity contribution in [3.05, 3.63) is 94.0 Å². The summed E-state index contributed by atoms with van der Waals surface area (Å²) in [7, 11) is 1.92. The van der Waals surface area contributed by atoms with Crippen molar-refractivity contribution in [2.75, 3.05) is 6.54 Å². The molecule has 0 bridgehead atoms. The highest BCUT2D eigenvalue weighted by atomic mass is 16.6. The van der Waals surface area contributed by atoms with Crippen LogP contribution in [0.2, 0.25) is 0 Å². The van der Waals surface area contributed by atoms with Crippen molar-refractivity contribution in [2.24, 2.45) is 7.05 Å². The van der Waals surface area contributed by atoms with E-state index in [1.165, 1.54) is 27.8 Å². The van der Waals surface area contributed by atoms with Crippen LogP contribution in [0.25, 0.3) is 11.0 Å². The Morgan fingerprint density at radius 3 is 2.71 bits per heavy atom. The molecule has 4 aromatic rings. The first-order chi connectivity index (χ1) is 16.5. The number of aryl methyl sites for hydroxylation is 2. The van der Waals surface area contributed by atoms with Crippen LogP contribution in [0.3, 0.4) is 0 Å². The van der Waals surface area contributed by atoms with E-state index in [0.717, 1.165) is 29.4 Å². The largest absolute Gasteiger partial charge is 0.445 e.